The fourth-order valence-electron chi connectivity index (χ4n) is 3.82. The smallest absolute Gasteiger partial charge is 0.352 e. The molecule has 4 N–H and O–H groups in total. The van der Waals surface area contributed by atoms with Crippen LogP contribution in [0.3, 0.4) is 0 Å². The van der Waals surface area contributed by atoms with E-state index < -0.39 is 29.2 Å². The van der Waals surface area contributed by atoms with Crippen molar-refractivity contribution < 1.29 is 24.3 Å². The molecule has 0 spiro atoms. The Bertz CT molecular complexity index is 1490. The molecule has 192 valence electrons. The summed E-state index contributed by atoms with van der Waals surface area (Å²) >= 11 is 9.99. The van der Waals surface area contributed by atoms with E-state index in [9.17, 15) is 19.5 Å². The zero-order valence-corrected chi connectivity index (χ0v) is 22.0. The first kappa shape index (κ1) is 25.3. The topological polar surface area (TPSA) is 177 Å². The second-order valence-corrected chi connectivity index (χ2v) is 10.9. The molecule has 2 amide bonds. The molecule has 3 aromatic rings. The largest absolute Gasteiger partial charge is 0.477 e. The Balaban J connectivity index is 1.33. The molecule has 0 saturated carbocycles. The number of aromatic nitrogens is 4. The van der Waals surface area contributed by atoms with Crippen molar-refractivity contribution in [2.45, 2.75) is 16.6 Å². The fraction of sp³-hybridized carbons (Fsp3) is 0.250. The first-order valence-electron chi connectivity index (χ1n) is 10.5. The molecule has 0 radical (unpaired) electrons. The van der Waals surface area contributed by atoms with Crippen molar-refractivity contribution in [1.82, 2.24) is 29.8 Å². The highest BCUT2D eigenvalue weighted by atomic mass is 35.5. The number of pyridine rings is 1. The van der Waals surface area contributed by atoms with Crippen molar-refractivity contribution in [2.24, 2.45) is 5.16 Å². The highest BCUT2D eigenvalue weighted by Crippen LogP contribution is 2.41. The summed E-state index contributed by atoms with van der Waals surface area (Å²) in [5.74, 6) is -1.88. The quantitative estimate of drug-likeness (QED) is 0.115. The molecule has 13 nitrogen and oxygen atoms in total. The summed E-state index contributed by atoms with van der Waals surface area (Å²) in [5, 5.41) is 26.6. The van der Waals surface area contributed by atoms with Crippen LogP contribution in [0.2, 0.25) is 5.15 Å². The predicted molar refractivity (Wildman–Crippen MR) is 138 cm³/mol. The van der Waals surface area contributed by atoms with E-state index in [1.165, 1.54) is 40.9 Å². The van der Waals surface area contributed by atoms with E-state index in [1.54, 1.807) is 22.6 Å². The van der Waals surface area contributed by atoms with Crippen LogP contribution in [0.4, 0.5) is 5.13 Å². The summed E-state index contributed by atoms with van der Waals surface area (Å²) in [6.07, 6.45) is 0. The Hall–Kier alpha value is -3.34. The van der Waals surface area contributed by atoms with Gasteiger partial charge in [-0.3, -0.25) is 18.9 Å². The van der Waals surface area contributed by atoms with Gasteiger partial charge in [0, 0.05) is 16.9 Å². The maximum absolute atomic E-state index is 13.0. The van der Waals surface area contributed by atoms with E-state index in [1.807, 2.05) is 0 Å². The van der Waals surface area contributed by atoms with Gasteiger partial charge in [-0.15, -0.1) is 33.3 Å². The minimum absolute atomic E-state index is 0.107. The molecular formula is C20H17ClN8O5S3. The zero-order valence-electron chi connectivity index (χ0n) is 18.8. The van der Waals surface area contributed by atoms with Crippen molar-refractivity contribution in [3.63, 3.8) is 0 Å². The van der Waals surface area contributed by atoms with Crippen molar-refractivity contribution in [2.75, 3.05) is 24.3 Å². The van der Waals surface area contributed by atoms with Gasteiger partial charge in [0.25, 0.3) is 11.8 Å². The van der Waals surface area contributed by atoms with Crippen LogP contribution in [0.25, 0.3) is 5.65 Å². The number of thiazole rings is 1. The molecule has 0 aromatic carbocycles. The van der Waals surface area contributed by atoms with Gasteiger partial charge in [-0.25, -0.2) is 9.78 Å². The van der Waals surface area contributed by atoms with Crippen molar-refractivity contribution in [3.05, 3.63) is 45.7 Å². The Kier molecular flexibility index (Phi) is 6.98. The molecule has 2 aliphatic rings. The fourth-order valence-corrected chi connectivity index (χ4v) is 7.09. The number of oxime groups is 1. The number of thioether (sulfide) groups is 2. The summed E-state index contributed by atoms with van der Waals surface area (Å²) in [6, 6.07) is 4.26. The van der Waals surface area contributed by atoms with Crippen LogP contribution < -0.4 is 11.1 Å². The lowest BCUT2D eigenvalue weighted by molar-refractivity contribution is -0.150. The van der Waals surface area contributed by atoms with Gasteiger partial charge in [0.15, 0.2) is 21.6 Å². The van der Waals surface area contributed by atoms with Gasteiger partial charge in [-0.05, 0) is 17.7 Å². The third-order valence-electron chi connectivity index (χ3n) is 5.43. The minimum Gasteiger partial charge on any atom is -0.477 e. The van der Waals surface area contributed by atoms with E-state index in [0.717, 1.165) is 11.3 Å². The number of aliphatic carboxylic acids is 1. The third-order valence-corrected chi connectivity index (χ3v) is 8.75. The highest BCUT2D eigenvalue weighted by molar-refractivity contribution is 8.01. The highest BCUT2D eigenvalue weighted by Gasteiger charge is 2.54. The van der Waals surface area contributed by atoms with Gasteiger partial charge >= 0.3 is 5.97 Å². The number of carbonyl (C=O) groups is 3. The number of nitrogens with zero attached hydrogens (tertiary/aromatic N) is 6. The van der Waals surface area contributed by atoms with Crippen LogP contribution >= 0.6 is 46.5 Å². The number of carboxylic acids is 1. The Morgan fingerprint density at radius 3 is 2.92 bits per heavy atom. The van der Waals surface area contributed by atoms with Crippen molar-refractivity contribution in [3.8, 4) is 0 Å². The van der Waals surface area contributed by atoms with E-state index in [4.69, 9.17) is 22.2 Å². The molecule has 2 atom stereocenters. The first-order valence-corrected chi connectivity index (χ1v) is 13.7. The van der Waals surface area contributed by atoms with Gasteiger partial charge in [-0.2, -0.15) is 0 Å². The number of amides is 2. The molecule has 17 heteroatoms. The Labute approximate surface area is 226 Å². The average Bonchev–Trinajstić information content (AvgIpc) is 3.50. The van der Waals surface area contributed by atoms with Crippen molar-refractivity contribution in [1.29, 1.82) is 0 Å². The van der Waals surface area contributed by atoms with Crippen LogP contribution in [-0.2, 0) is 19.2 Å². The van der Waals surface area contributed by atoms with E-state index in [-0.39, 0.29) is 28.0 Å². The number of halogens is 1. The number of nitrogen functional groups attached to an aromatic ring is 1. The monoisotopic (exact) mass is 580 g/mol. The lowest BCUT2D eigenvalue weighted by Crippen LogP contribution is -2.71. The predicted octanol–water partition coefficient (Wildman–Crippen LogP) is 1.30. The molecule has 3 aromatic heterocycles. The number of rotatable bonds is 8. The number of carboxylic acid groups (broad SMARTS) is 1. The second-order valence-electron chi connectivity index (χ2n) is 7.63. The molecule has 1 fully saturated rings. The minimum atomic E-state index is -1.23. The maximum atomic E-state index is 13.0. The molecule has 2 aliphatic heterocycles. The van der Waals surface area contributed by atoms with Crippen LogP contribution in [-0.4, -0.2) is 83.1 Å². The standard InChI is InChI=1S/C20H17ClN8O5S3/c1-34-27-12(9-7-36-19(22)23-9)15(30)24-13-16(31)29-14(18(32)33)8(5-35-17(13)29)6-37-20-26-25-11-4-2-3-10(21)28(11)20/h2-4,7,13,17H,5-6H2,1H3,(H2,22,23)(H,24,30)(H,32,33)/t13-,17+/m1/s1. The van der Waals surface area contributed by atoms with E-state index in [2.05, 4.69) is 25.7 Å². The number of carbonyl (C=O) groups excluding carboxylic acids is 2. The summed E-state index contributed by atoms with van der Waals surface area (Å²) in [7, 11) is 1.27. The average molecular weight is 581 g/mol. The maximum Gasteiger partial charge on any atom is 0.352 e. The number of fused-ring (bicyclic) bond motifs is 2. The second kappa shape index (κ2) is 10.2. The molecule has 5 heterocycles. The summed E-state index contributed by atoms with van der Waals surface area (Å²) in [5.41, 5.74) is 6.70. The molecule has 37 heavy (non-hydrogen) atoms. The van der Waals surface area contributed by atoms with Crippen LogP contribution in [0.5, 0.6) is 0 Å². The number of hydrogen-bond acceptors (Lipinski definition) is 12. The van der Waals surface area contributed by atoms with Crippen molar-refractivity contribution >= 4 is 80.7 Å². The Morgan fingerprint density at radius 1 is 1.41 bits per heavy atom. The third kappa shape index (κ3) is 4.60. The van der Waals surface area contributed by atoms with Crippen LogP contribution in [0.1, 0.15) is 5.69 Å². The molecule has 0 unspecified atom stereocenters. The summed E-state index contributed by atoms with van der Waals surface area (Å²) in [4.78, 5) is 48.0. The van der Waals surface area contributed by atoms with Gasteiger partial charge in [0.1, 0.15) is 35.1 Å². The number of hydrogen-bond donors (Lipinski definition) is 3. The number of anilines is 1. The number of nitrogens with one attached hydrogen (secondary N) is 1. The SMILES string of the molecule is CON=C(C(=O)N[C@@H]1C(=O)N2C(C(=O)O)=C(CSc3nnc4cccc(Cl)n34)CS[C@@H]12)c1csc(N)n1. The number of β-lactam (4-membered cyclic amide) rings is 1. The lowest BCUT2D eigenvalue weighted by atomic mass is 10.0. The molecule has 5 rings (SSSR count). The summed E-state index contributed by atoms with van der Waals surface area (Å²) < 4.78 is 1.65. The van der Waals surface area contributed by atoms with Gasteiger partial charge in [0.2, 0.25) is 0 Å². The van der Waals surface area contributed by atoms with Gasteiger partial charge < -0.3 is 21.0 Å². The normalized spacial score (nSPS) is 19.6. The van der Waals surface area contributed by atoms with Crippen LogP contribution in [0.15, 0.2) is 45.2 Å². The molecule has 0 bridgehead atoms. The van der Waals surface area contributed by atoms with E-state index in [0.29, 0.717) is 27.3 Å². The molecule has 0 aliphatic carbocycles. The van der Waals surface area contributed by atoms with Gasteiger partial charge in [-0.1, -0.05) is 34.6 Å². The van der Waals surface area contributed by atoms with Crippen LogP contribution in [0, 0.1) is 0 Å². The lowest BCUT2D eigenvalue weighted by Gasteiger charge is -2.49. The Morgan fingerprint density at radius 2 is 2.22 bits per heavy atom. The zero-order chi connectivity index (χ0) is 26.3. The summed E-state index contributed by atoms with van der Waals surface area (Å²) in [6.45, 7) is 0. The molecule has 1 saturated heterocycles. The number of nitrogens with two attached hydrogens (primary N) is 1. The first-order chi connectivity index (χ1) is 17.8. The van der Waals surface area contributed by atoms with E-state index >= 15 is 0 Å². The van der Waals surface area contributed by atoms with Gasteiger partial charge in [0.05, 0.1) is 0 Å². The molecular weight excluding hydrogens is 564 g/mol.